The van der Waals surface area contributed by atoms with Gasteiger partial charge in [-0.05, 0) is 51.8 Å². The Kier molecular flexibility index (Phi) is 5.94. The smallest absolute Gasteiger partial charge is 0.410 e. The predicted octanol–water partition coefficient (Wildman–Crippen LogP) is 4.70. The normalized spacial score (nSPS) is 16.3. The molecule has 0 aliphatic carbocycles. The number of likely N-dealkylation sites (tertiary alicyclic amines) is 1. The van der Waals surface area contributed by atoms with Crippen molar-refractivity contribution in [2.75, 3.05) is 13.1 Å². The number of carbonyl (C=O) groups excluding carboxylic acids is 1. The van der Waals surface area contributed by atoms with Crippen LogP contribution in [-0.2, 0) is 11.3 Å². The van der Waals surface area contributed by atoms with E-state index in [2.05, 4.69) is 17.0 Å². The maximum atomic E-state index is 12.7. The van der Waals surface area contributed by atoms with Gasteiger partial charge in [0.1, 0.15) is 5.60 Å². The molecule has 6 heteroatoms. The Labute approximate surface area is 178 Å². The maximum absolute atomic E-state index is 12.7. The number of amides is 1. The monoisotopic (exact) mass is 409 g/mol. The molecule has 6 nitrogen and oxygen atoms in total. The van der Waals surface area contributed by atoms with Gasteiger partial charge in [0.15, 0.2) is 0 Å². The number of pyridine rings is 1. The van der Waals surface area contributed by atoms with Crippen LogP contribution in [0.2, 0.25) is 0 Å². The third-order valence-electron chi connectivity index (χ3n) is 5.86. The van der Waals surface area contributed by atoms with Crippen LogP contribution in [0.1, 0.15) is 51.2 Å². The summed E-state index contributed by atoms with van der Waals surface area (Å²) in [6.07, 6.45) is 1.45. The van der Waals surface area contributed by atoms with Gasteiger partial charge in [0.05, 0.1) is 5.52 Å². The lowest BCUT2D eigenvalue weighted by Crippen LogP contribution is -2.47. The van der Waals surface area contributed by atoms with Crippen LogP contribution in [0, 0.1) is 20.4 Å². The van der Waals surface area contributed by atoms with Gasteiger partial charge in [0, 0.05) is 50.3 Å². The number of piperidine rings is 1. The van der Waals surface area contributed by atoms with E-state index < -0.39 is 11.1 Å². The Morgan fingerprint density at radius 3 is 2.47 bits per heavy atom. The van der Waals surface area contributed by atoms with Crippen LogP contribution in [-0.4, -0.2) is 39.8 Å². The van der Waals surface area contributed by atoms with Crippen molar-refractivity contribution in [3.63, 3.8) is 0 Å². The summed E-state index contributed by atoms with van der Waals surface area (Å²) in [5, 5.41) is 1.07. The van der Waals surface area contributed by atoms with Gasteiger partial charge < -0.3 is 19.0 Å². The first-order chi connectivity index (χ1) is 14.0. The molecule has 30 heavy (non-hydrogen) atoms. The van der Waals surface area contributed by atoms with Crippen LogP contribution < -0.4 is 5.56 Å². The highest BCUT2D eigenvalue weighted by atomic mass is 16.6. The quantitative estimate of drug-likeness (QED) is 0.691. The van der Waals surface area contributed by atoms with Crippen LogP contribution >= 0.6 is 0 Å². The van der Waals surface area contributed by atoms with Crippen molar-refractivity contribution in [2.45, 2.75) is 71.6 Å². The molecule has 3 rings (SSSR count). The molecule has 2 heterocycles. The predicted molar refractivity (Wildman–Crippen MR) is 119 cm³/mol. The minimum atomic E-state index is -0.557. The average Bonchev–Trinajstić information content (AvgIpc) is 2.66. The molecular weight excluding hydrogens is 378 g/mol. The van der Waals surface area contributed by atoms with E-state index in [1.807, 2.05) is 40.7 Å². The van der Waals surface area contributed by atoms with Crippen molar-refractivity contribution in [3.8, 4) is 0 Å². The molecule has 1 aliphatic heterocycles. The summed E-state index contributed by atoms with van der Waals surface area (Å²) >= 11 is 0. The van der Waals surface area contributed by atoms with E-state index in [4.69, 9.17) is 11.3 Å². The van der Waals surface area contributed by atoms with E-state index in [-0.39, 0.29) is 11.7 Å². The van der Waals surface area contributed by atoms with Gasteiger partial charge in [-0.3, -0.25) is 4.79 Å². The van der Waals surface area contributed by atoms with Crippen LogP contribution in [0.5, 0.6) is 0 Å². The molecule has 0 unspecified atom stereocenters. The molecule has 0 radical (unpaired) electrons. The number of fused-ring (bicyclic) bond motifs is 1. The van der Waals surface area contributed by atoms with E-state index in [0.717, 1.165) is 22.0 Å². The number of carbonyl (C=O) groups is 1. The van der Waals surface area contributed by atoms with E-state index in [1.165, 1.54) is 0 Å². The molecule has 0 N–H and O–H groups in total. The van der Waals surface area contributed by atoms with Crippen molar-refractivity contribution in [2.24, 2.45) is 0 Å². The lowest BCUT2D eigenvalue weighted by Gasteiger charge is -2.35. The fourth-order valence-electron chi connectivity index (χ4n) is 4.06. The molecule has 160 valence electrons. The maximum Gasteiger partial charge on any atom is 0.410 e. The molecule has 1 aromatic carbocycles. The number of nitrogens with zero attached hydrogens (tertiary/aromatic N) is 3. The van der Waals surface area contributed by atoms with E-state index in [9.17, 15) is 9.59 Å². The van der Waals surface area contributed by atoms with E-state index in [1.54, 1.807) is 15.5 Å². The lowest BCUT2D eigenvalue weighted by atomic mass is 9.85. The summed E-state index contributed by atoms with van der Waals surface area (Å²) in [6, 6.07) is 7.82. The zero-order valence-corrected chi connectivity index (χ0v) is 18.6. The zero-order chi connectivity index (χ0) is 22.1. The van der Waals surface area contributed by atoms with E-state index in [0.29, 0.717) is 38.9 Å². The van der Waals surface area contributed by atoms with Crippen molar-refractivity contribution < 1.29 is 9.53 Å². The first-order valence-electron chi connectivity index (χ1n) is 10.5. The van der Waals surface area contributed by atoms with Crippen LogP contribution in [0.25, 0.3) is 15.7 Å². The van der Waals surface area contributed by atoms with Crippen LogP contribution in [0.3, 0.4) is 0 Å². The molecule has 0 atom stereocenters. The van der Waals surface area contributed by atoms with Crippen LogP contribution in [0.15, 0.2) is 29.1 Å². The number of benzene rings is 1. The average molecular weight is 410 g/mol. The van der Waals surface area contributed by atoms with Gasteiger partial charge in [-0.15, -0.1) is 0 Å². The van der Waals surface area contributed by atoms with Gasteiger partial charge in [-0.25, -0.2) is 11.4 Å². The SMILES string of the molecule is [C-]#[N+]C1(CCn2c(=O)cc(C)c3ccc(C)cc32)CCN(C(=O)OC(C)(C)C)CC1. The number of rotatable bonds is 3. The lowest BCUT2D eigenvalue weighted by molar-refractivity contribution is 0.0179. The molecule has 0 bridgehead atoms. The molecule has 0 saturated carbocycles. The number of aromatic nitrogens is 1. The molecule has 1 saturated heterocycles. The highest BCUT2D eigenvalue weighted by Gasteiger charge is 2.42. The number of aryl methyl sites for hydroxylation is 3. The summed E-state index contributed by atoms with van der Waals surface area (Å²) in [7, 11) is 0. The Morgan fingerprint density at radius 2 is 1.87 bits per heavy atom. The highest BCUT2D eigenvalue weighted by molar-refractivity contribution is 5.83. The number of ether oxygens (including phenoxy) is 1. The minimum absolute atomic E-state index is 0.0306. The Hall–Kier alpha value is -2.81. The summed E-state index contributed by atoms with van der Waals surface area (Å²) < 4.78 is 7.25. The van der Waals surface area contributed by atoms with Crippen molar-refractivity contribution in [1.82, 2.24) is 9.47 Å². The van der Waals surface area contributed by atoms with Gasteiger partial charge in [-0.1, -0.05) is 12.1 Å². The fraction of sp³-hybridized carbons (Fsp3) is 0.542. The van der Waals surface area contributed by atoms with Crippen molar-refractivity contribution >= 4 is 17.0 Å². The Bertz CT molecular complexity index is 1050. The van der Waals surface area contributed by atoms with Gasteiger partial charge in [-0.2, -0.15) is 0 Å². The number of hydrogen-bond donors (Lipinski definition) is 0. The van der Waals surface area contributed by atoms with Gasteiger partial charge >= 0.3 is 6.09 Å². The van der Waals surface area contributed by atoms with Gasteiger partial charge in [0.2, 0.25) is 5.54 Å². The third-order valence-corrected chi connectivity index (χ3v) is 5.86. The second-order valence-electron chi connectivity index (χ2n) is 9.39. The molecule has 1 amide bonds. The third kappa shape index (κ3) is 4.67. The van der Waals surface area contributed by atoms with Gasteiger partial charge in [0.25, 0.3) is 5.56 Å². The largest absolute Gasteiger partial charge is 0.444 e. The fourth-order valence-corrected chi connectivity index (χ4v) is 4.06. The van der Waals surface area contributed by atoms with Crippen molar-refractivity contribution in [1.29, 1.82) is 0 Å². The molecule has 1 aromatic heterocycles. The first kappa shape index (κ1) is 21.9. The highest BCUT2D eigenvalue weighted by Crippen LogP contribution is 2.32. The standard InChI is InChI=1S/C24H31N3O3/c1-17-7-8-19-18(2)16-21(28)27(20(19)15-17)14-11-24(25-6)9-12-26(13-10-24)22(29)30-23(3,4)5/h7-8,15-16H,9-14H2,1-5H3. The summed E-state index contributed by atoms with van der Waals surface area (Å²) in [5.41, 5.74) is 1.88. The molecule has 2 aromatic rings. The Balaban J connectivity index is 1.76. The Morgan fingerprint density at radius 1 is 1.20 bits per heavy atom. The summed E-state index contributed by atoms with van der Waals surface area (Å²) in [5.74, 6) is 0. The van der Waals surface area contributed by atoms with Crippen molar-refractivity contribution in [3.05, 3.63) is 57.2 Å². The molecular formula is C24H31N3O3. The second-order valence-corrected chi connectivity index (χ2v) is 9.39. The zero-order valence-electron chi connectivity index (χ0n) is 18.6. The molecule has 1 fully saturated rings. The first-order valence-corrected chi connectivity index (χ1v) is 10.5. The van der Waals surface area contributed by atoms with E-state index >= 15 is 0 Å². The topological polar surface area (TPSA) is 55.9 Å². The summed E-state index contributed by atoms with van der Waals surface area (Å²) in [6.45, 7) is 18.8. The summed E-state index contributed by atoms with van der Waals surface area (Å²) in [4.78, 5) is 30.7. The van der Waals surface area contributed by atoms with Crippen LogP contribution in [0.4, 0.5) is 4.79 Å². The molecule has 0 spiro atoms. The number of hydrogen-bond acceptors (Lipinski definition) is 3. The minimum Gasteiger partial charge on any atom is -0.444 e. The second kappa shape index (κ2) is 8.14. The molecule has 1 aliphatic rings.